The number of nitrogens with zero attached hydrogens (tertiary/aromatic N) is 1. The molecular weight excluding hydrogens is 283 g/mol. The van der Waals surface area contributed by atoms with Crippen molar-refractivity contribution in [3.05, 3.63) is 10.6 Å². The third-order valence-corrected chi connectivity index (χ3v) is 4.18. The molecule has 0 aliphatic heterocycles. The fraction of sp³-hybridized carbons (Fsp3) is 0.625. The van der Waals surface area contributed by atoms with Crippen LogP contribution in [0.25, 0.3) is 0 Å². The third kappa shape index (κ3) is 1.59. The number of rotatable bonds is 1. The van der Waals surface area contributed by atoms with E-state index in [1.54, 1.807) is 0 Å². The molecule has 0 saturated carbocycles. The Morgan fingerprint density at radius 1 is 1.67 bits per heavy atom. The Labute approximate surface area is 90.3 Å². The number of aromatic nitrogens is 1. The normalized spacial score (nSPS) is 22.0. The van der Waals surface area contributed by atoms with E-state index in [1.165, 1.54) is 29.8 Å². The van der Waals surface area contributed by atoms with E-state index in [9.17, 15) is 0 Å². The lowest BCUT2D eigenvalue weighted by molar-refractivity contribution is 0.502. The Balaban J connectivity index is 2.28. The number of nitrogens with one attached hydrogen (secondary N) is 1. The molecule has 0 unspecified atom stereocenters. The maximum atomic E-state index is 4.50. The predicted molar refractivity (Wildman–Crippen MR) is 60.9 cm³/mol. The van der Waals surface area contributed by atoms with Gasteiger partial charge in [0.25, 0.3) is 0 Å². The molecule has 4 heteroatoms. The van der Waals surface area contributed by atoms with Crippen molar-refractivity contribution in [2.45, 2.75) is 26.2 Å². The lowest BCUT2D eigenvalue weighted by Gasteiger charge is -2.15. The molecule has 1 aromatic rings. The number of anilines is 1. The Morgan fingerprint density at radius 3 is 3.25 bits per heavy atom. The van der Waals surface area contributed by atoms with E-state index in [2.05, 4.69) is 38.3 Å². The van der Waals surface area contributed by atoms with Crippen LogP contribution in [0.4, 0.5) is 5.13 Å². The van der Waals surface area contributed by atoms with E-state index in [0.717, 1.165) is 11.0 Å². The van der Waals surface area contributed by atoms with Gasteiger partial charge in [0.05, 0.1) is 28.6 Å². The second-order valence-corrected chi connectivity index (χ2v) is 4.95. The molecule has 0 radical (unpaired) electrons. The highest BCUT2D eigenvalue weighted by molar-refractivity contribution is 14.1. The van der Waals surface area contributed by atoms with E-state index >= 15 is 0 Å². The van der Waals surface area contributed by atoms with Crippen molar-refractivity contribution in [3.8, 4) is 0 Å². The Hall–Kier alpha value is 0.160. The SMILES string of the molecule is C[C@@H]1CCc2nc(NI)sc2C1. The molecule has 1 heterocycles. The average molecular weight is 294 g/mol. The third-order valence-electron chi connectivity index (χ3n) is 2.27. The number of hydrogen-bond acceptors (Lipinski definition) is 3. The van der Waals surface area contributed by atoms with Crippen LogP contribution in [0.5, 0.6) is 0 Å². The van der Waals surface area contributed by atoms with Crippen LogP contribution < -0.4 is 3.53 Å². The second-order valence-electron chi connectivity index (χ2n) is 3.33. The van der Waals surface area contributed by atoms with Gasteiger partial charge in [-0.2, -0.15) is 0 Å². The van der Waals surface area contributed by atoms with Gasteiger partial charge in [0.1, 0.15) is 0 Å². The van der Waals surface area contributed by atoms with Crippen molar-refractivity contribution >= 4 is 39.3 Å². The summed E-state index contributed by atoms with van der Waals surface area (Å²) in [4.78, 5) is 6.00. The van der Waals surface area contributed by atoms with Gasteiger partial charge in [0.2, 0.25) is 0 Å². The molecular formula is C8H11IN2S. The first-order chi connectivity index (χ1) is 5.79. The molecule has 1 N–H and O–H groups in total. The smallest absolute Gasteiger partial charge is 0.191 e. The lowest BCUT2D eigenvalue weighted by Crippen LogP contribution is -2.09. The van der Waals surface area contributed by atoms with Gasteiger partial charge in [-0.1, -0.05) is 6.92 Å². The van der Waals surface area contributed by atoms with E-state index < -0.39 is 0 Å². The van der Waals surface area contributed by atoms with Crippen LogP contribution in [-0.2, 0) is 12.8 Å². The molecule has 1 atom stereocenters. The summed E-state index contributed by atoms with van der Waals surface area (Å²) in [6.07, 6.45) is 3.70. The quantitative estimate of drug-likeness (QED) is 0.636. The number of thiazole rings is 1. The average Bonchev–Trinajstić information content (AvgIpc) is 2.46. The van der Waals surface area contributed by atoms with E-state index in [0.29, 0.717) is 0 Å². The molecule has 0 amide bonds. The van der Waals surface area contributed by atoms with Gasteiger partial charge in [-0.3, -0.25) is 0 Å². The van der Waals surface area contributed by atoms with Crippen LogP contribution >= 0.6 is 34.2 Å². The highest BCUT2D eigenvalue weighted by Gasteiger charge is 2.19. The van der Waals surface area contributed by atoms with Crippen molar-refractivity contribution in [1.29, 1.82) is 0 Å². The summed E-state index contributed by atoms with van der Waals surface area (Å²) in [6, 6.07) is 0. The monoisotopic (exact) mass is 294 g/mol. The van der Waals surface area contributed by atoms with Crippen molar-refractivity contribution in [3.63, 3.8) is 0 Å². The second kappa shape index (κ2) is 3.49. The van der Waals surface area contributed by atoms with Crippen molar-refractivity contribution < 1.29 is 0 Å². The predicted octanol–water partition coefficient (Wildman–Crippen LogP) is 3.03. The largest absolute Gasteiger partial charge is 0.304 e. The minimum Gasteiger partial charge on any atom is -0.304 e. The molecule has 0 spiro atoms. The van der Waals surface area contributed by atoms with Gasteiger partial charge in [0.15, 0.2) is 5.13 Å². The Kier molecular flexibility index (Phi) is 2.55. The number of aryl methyl sites for hydroxylation is 1. The van der Waals surface area contributed by atoms with Crippen molar-refractivity contribution in [1.82, 2.24) is 4.98 Å². The molecule has 2 rings (SSSR count). The molecule has 1 aromatic heterocycles. The van der Waals surface area contributed by atoms with Crippen molar-refractivity contribution in [2.75, 3.05) is 3.53 Å². The highest BCUT2D eigenvalue weighted by atomic mass is 127. The highest BCUT2D eigenvalue weighted by Crippen LogP contribution is 2.32. The van der Waals surface area contributed by atoms with Crippen LogP contribution in [-0.4, -0.2) is 4.98 Å². The summed E-state index contributed by atoms with van der Waals surface area (Å²) < 4.78 is 3.08. The number of halogens is 1. The molecule has 0 saturated heterocycles. The summed E-state index contributed by atoms with van der Waals surface area (Å²) >= 11 is 3.95. The first-order valence-electron chi connectivity index (χ1n) is 4.15. The van der Waals surface area contributed by atoms with Crippen LogP contribution in [0.1, 0.15) is 23.9 Å². The summed E-state index contributed by atoms with van der Waals surface area (Å²) in [5.41, 5.74) is 1.33. The lowest BCUT2D eigenvalue weighted by atomic mass is 9.93. The minimum atomic E-state index is 0.847. The van der Waals surface area contributed by atoms with Gasteiger partial charge >= 0.3 is 0 Å². The molecule has 0 bridgehead atoms. The fourth-order valence-electron chi connectivity index (χ4n) is 1.58. The standard InChI is InChI=1S/C8H11IN2S/c1-5-2-3-6-7(4-5)12-8(10-6)11-9/h5H,2-4H2,1H3,(H,10,11)/t5-/m1/s1. The first-order valence-corrected chi connectivity index (χ1v) is 6.04. The topological polar surface area (TPSA) is 24.9 Å². The number of hydrogen-bond donors (Lipinski definition) is 1. The maximum Gasteiger partial charge on any atom is 0.191 e. The molecule has 12 heavy (non-hydrogen) atoms. The maximum absolute atomic E-state index is 4.50. The first kappa shape index (κ1) is 8.74. The Bertz CT molecular complexity index is 285. The van der Waals surface area contributed by atoms with Crippen LogP contribution in [0.2, 0.25) is 0 Å². The zero-order valence-corrected chi connectivity index (χ0v) is 9.91. The van der Waals surface area contributed by atoms with Crippen LogP contribution in [0.3, 0.4) is 0 Å². The molecule has 1 aliphatic rings. The fourth-order valence-corrected chi connectivity index (χ4v) is 3.09. The van der Waals surface area contributed by atoms with Gasteiger partial charge in [-0.05, 0) is 25.2 Å². The van der Waals surface area contributed by atoms with E-state index in [4.69, 9.17) is 0 Å². The van der Waals surface area contributed by atoms with Gasteiger partial charge in [0, 0.05) is 4.88 Å². The summed E-state index contributed by atoms with van der Waals surface area (Å²) in [5, 5.41) is 1.06. The van der Waals surface area contributed by atoms with Gasteiger partial charge < -0.3 is 3.53 Å². The summed E-state index contributed by atoms with van der Waals surface area (Å²) in [7, 11) is 0. The zero-order chi connectivity index (χ0) is 8.55. The molecule has 0 fully saturated rings. The van der Waals surface area contributed by atoms with Crippen LogP contribution in [0.15, 0.2) is 0 Å². The molecule has 1 aliphatic carbocycles. The van der Waals surface area contributed by atoms with Crippen molar-refractivity contribution in [2.24, 2.45) is 5.92 Å². The summed E-state index contributed by atoms with van der Waals surface area (Å²) in [5.74, 6) is 0.847. The van der Waals surface area contributed by atoms with E-state index in [1.807, 2.05) is 11.3 Å². The Morgan fingerprint density at radius 2 is 2.50 bits per heavy atom. The minimum absolute atomic E-state index is 0.847. The van der Waals surface area contributed by atoms with Crippen LogP contribution in [0, 0.1) is 5.92 Å². The van der Waals surface area contributed by atoms with E-state index in [-0.39, 0.29) is 0 Å². The molecule has 2 nitrogen and oxygen atoms in total. The molecule has 0 aromatic carbocycles. The van der Waals surface area contributed by atoms with Gasteiger partial charge in [-0.15, -0.1) is 11.3 Å². The zero-order valence-electron chi connectivity index (χ0n) is 6.93. The van der Waals surface area contributed by atoms with Gasteiger partial charge in [-0.25, -0.2) is 4.98 Å². The number of fused-ring (bicyclic) bond motifs is 1. The summed E-state index contributed by atoms with van der Waals surface area (Å²) in [6.45, 7) is 2.32. The molecule has 66 valence electrons.